The molecule has 3 nitrogen and oxygen atoms in total. The van der Waals surface area contributed by atoms with Gasteiger partial charge in [-0.1, -0.05) is 87.4 Å². The summed E-state index contributed by atoms with van der Waals surface area (Å²) in [6, 6.07) is 21.1. The van der Waals surface area contributed by atoms with E-state index in [0.717, 1.165) is 26.2 Å². The molecule has 0 saturated heterocycles. The van der Waals surface area contributed by atoms with Gasteiger partial charge < -0.3 is 0 Å². The highest BCUT2D eigenvalue weighted by molar-refractivity contribution is 5.16. The molecule has 0 spiro atoms. The van der Waals surface area contributed by atoms with Crippen LogP contribution < -0.4 is 0 Å². The van der Waals surface area contributed by atoms with Gasteiger partial charge in [0, 0.05) is 26.2 Å². The van der Waals surface area contributed by atoms with Crippen LogP contribution in [-0.2, 0) is 17.9 Å². The molecule has 0 aliphatic heterocycles. The van der Waals surface area contributed by atoms with Gasteiger partial charge in [-0.25, -0.2) is 0 Å². The smallest absolute Gasteiger partial charge is 0.121 e. The third kappa shape index (κ3) is 8.13. The summed E-state index contributed by atoms with van der Waals surface area (Å²) in [5, 5.41) is 2.09. The second-order valence-corrected chi connectivity index (χ2v) is 6.85. The maximum atomic E-state index is 6.27. The van der Waals surface area contributed by atoms with Crippen molar-refractivity contribution in [3.8, 4) is 0 Å². The van der Waals surface area contributed by atoms with Crippen molar-refractivity contribution in [3.05, 3.63) is 71.8 Å². The summed E-state index contributed by atoms with van der Waals surface area (Å²) in [4.78, 5) is 8.71. The summed E-state index contributed by atoms with van der Waals surface area (Å²) in [5.74, 6) is 0. The summed E-state index contributed by atoms with van der Waals surface area (Å²) >= 11 is 0. The van der Waals surface area contributed by atoms with Crippen molar-refractivity contribution in [1.29, 1.82) is 0 Å². The van der Waals surface area contributed by atoms with E-state index in [0.29, 0.717) is 6.73 Å². The largest absolute Gasteiger partial charge is 0.283 e. The van der Waals surface area contributed by atoms with E-state index in [-0.39, 0.29) is 0 Å². The van der Waals surface area contributed by atoms with Crippen LogP contribution in [-0.4, -0.2) is 29.8 Å². The van der Waals surface area contributed by atoms with Crippen LogP contribution >= 0.6 is 0 Å². The number of nitrogens with zero attached hydrogens (tertiary/aromatic N) is 2. The lowest BCUT2D eigenvalue weighted by molar-refractivity contribution is -0.205. The first kappa shape index (κ1) is 20.6. The molecule has 2 aromatic rings. The Labute approximate surface area is 159 Å². The molecule has 0 N–H and O–H groups in total. The monoisotopic (exact) mass is 354 g/mol. The Morgan fingerprint density at radius 3 is 1.58 bits per heavy atom. The minimum absolute atomic E-state index is 0.666. The molecule has 0 aliphatic carbocycles. The Balaban J connectivity index is 1.97. The molecular formula is C23H34N2O. The number of rotatable bonds is 13. The van der Waals surface area contributed by atoms with Gasteiger partial charge in [-0.15, -0.1) is 0 Å². The molecule has 0 heterocycles. The van der Waals surface area contributed by atoms with Gasteiger partial charge in [0.25, 0.3) is 0 Å². The molecule has 0 atom stereocenters. The fraction of sp³-hybridized carbons (Fsp3) is 0.478. The lowest BCUT2D eigenvalue weighted by Crippen LogP contribution is -2.34. The number of hydrogen-bond acceptors (Lipinski definition) is 3. The highest BCUT2D eigenvalue weighted by atomic mass is 16.7. The van der Waals surface area contributed by atoms with Gasteiger partial charge in [-0.3, -0.25) is 9.74 Å². The van der Waals surface area contributed by atoms with E-state index in [1.807, 2.05) is 0 Å². The van der Waals surface area contributed by atoms with Crippen LogP contribution in [0.4, 0.5) is 0 Å². The molecule has 2 aromatic carbocycles. The molecular weight excluding hydrogens is 320 g/mol. The van der Waals surface area contributed by atoms with Gasteiger partial charge in [0.1, 0.15) is 6.73 Å². The van der Waals surface area contributed by atoms with Crippen LogP contribution in [0.25, 0.3) is 0 Å². The SMILES string of the molecule is CCCCN(CCCC)CON(Cc1ccccc1)Cc1ccccc1. The number of unbranched alkanes of at least 4 members (excludes halogenated alkanes) is 2. The van der Waals surface area contributed by atoms with Crippen LogP contribution in [0.5, 0.6) is 0 Å². The first-order chi connectivity index (χ1) is 12.8. The lowest BCUT2D eigenvalue weighted by Gasteiger charge is -2.27. The van der Waals surface area contributed by atoms with E-state index in [9.17, 15) is 0 Å². The van der Waals surface area contributed by atoms with Gasteiger partial charge >= 0.3 is 0 Å². The molecule has 0 unspecified atom stereocenters. The second-order valence-electron chi connectivity index (χ2n) is 6.85. The zero-order valence-electron chi connectivity index (χ0n) is 16.4. The maximum absolute atomic E-state index is 6.27. The third-order valence-corrected chi connectivity index (χ3v) is 4.48. The van der Waals surface area contributed by atoms with Crippen molar-refractivity contribution in [2.75, 3.05) is 19.8 Å². The Kier molecular flexibility index (Phi) is 10.0. The van der Waals surface area contributed by atoms with Crippen LogP contribution in [0.3, 0.4) is 0 Å². The molecule has 0 aliphatic rings. The minimum Gasteiger partial charge on any atom is -0.283 e. The Morgan fingerprint density at radius 2 is 1.15 bits per heavy atom. The quantitative estimate of drug-likeness (QED) is 0.350. The van der Waals surface area contributed by atoms with Gasteiger partial charge in [-0.05, 0) is 24.0 Å². The summed E-state index contributed by atoms with van der Waals surface area (Å²) in [7, 11) is 0. The fourth-order valence-electron chi connectivity index (χ4n) is 2.89. The molecule has 3 heteroatoms. The van der Waals surface area contributed by atoms with E-state index < -0.39 is 0 Å². The van der Waals surface area contributed by atoms with Crippen molar-refractivity contribution in [2.45, 2.75) is 52.6 Å². The number of benzene rings is 2. The predicted molar refractivity (Wildman–Crippen MR) is 109 cm³/mol. The molecule has 0 saturated carbocycles. The highest BCUT2D eigenvalue weighted by Gasteiger charge is 2.11. The standard InChI is InChI=1S/C23H34N2O/c1-3-5-17-24(18-6-4-2)21-26-25(19-22-13-9-7-10-14-22)20-23-15-11-8-12-16-23/h7-16H,3-6,17-21H2,1-2H3. The van der Waals surface area contributed by atoms with E-state index >= 15 is 0 Å². The fourth-order valence-corrected chi connectivity index (χ4v) is 2.89. The van der Waals surface area contributed by atoms with Crippen molar-refractivity contribution >= 4 is 0 Å². The van der Waals surface area contributed by atoms with E-state index in [1.165, 1.54) is 36.8 Å². The average molecular weight is 355 g/mol. The first-order valence-electron chi connectivity index (χ1n) is 10.00. The molecule has 2 rings (SSSR count). The van der Waals surface area contributed by atoms with Crippen molar-refractivity contribution in [1.82, 2.24) is 9.96 Å². The van der Waals surface area contributed by atoms with Crippen LogP contribution in [0.1, 0.15) is 50.7 Å². The van der Waals surface area contributed by atoms with Crippen molar-refractivity contribution < 1.29 is 4.84 Å². The molecule has 0 bridgehead atoms. The summed E-state index contributed by atoms with van der Waals surface area (Å²) in [6.45, 7) is 8.98. The molecule has 0 fully saturated rings. The van der Waals surface area contributed by atoms with E-state index in [1.54, 1.807) is 0 Å². The Morgan fingerprint density at radius 1 is 0.692 bits per heavy atom. The summed E-state index contributed by atoms with van der Waals surface area (Å²) in [5.41, 5.74) is 2.55. The third-order valence-electron chi connectivity index (χ3n) is 4.48. The summed E-state index contributed by atoms with van der Waals surface area (Å²) in [6.07, 6.45) is 4.90. The molecule has 26 heavy (non-hydrogen) atoms. The zero-order valence-corrected chi connectivity index (χ0v) is 16.4. The van der Waals surface area contributed by atoms with Gasteiger partial charge in [0.05, 0.1) is 0 Å². The average Bonchev–Trinajstić information content (AvgIpc) is 2.69. The minimum atomic E-state index is 0.666. The first-order valence-corrected chi connectivity index (χ1v) is 10.00. The summed E-state index contributed by atoms with van der Waals surface area (Å²) < 4.78 is 0. The molecule has 142 valence electrons. The molecule has 0 aromatic heterocycles. The van der Waals surface area contributed by atoms with Crippen LogP contribution in [0.15, 0.2) is 60.7 Å². The number of hydroxylamine groups is 2. The van der Waals surface area contributed by atoms with Gasteiger partial charge in [0.15, 0.2) is 0 Å². The Bertz CT molecular complexity index is 524. The maximum Gasteiger partial charge on any atom is 0.121 e. The normalized spacial score (nSPS) is 11.4. The van der Waals surface area contributed by atoms with E-state index in [2.05, 4.69) is 84.5 Å². The van der Waals surface area contributed by atoms with Crippen molar-refractivity contribution in [3.63, 3.8) is 0 Å². The topological polar surface area (TPSA) is 15.7 Å². The van der Waals surface area contributed by atoms with Crippen molar-refractivity contribution in [2.24, 2.45) is 0 Å². The van der Waals surface area contributed by atoms with Gasteiger partial charge in [-0.2, -0.15) is 5.06 Å². The highest BCUT2D eigenvalue weighted by Crippen LogP contribution is 2.11. The van der Waals surface area contributed by atoms with Crippen LogP contribution in [0, 0.1) is 0 Å². The van der Waals surface area contributed by atoms with Gasteiger partial charge in [0.2, 0.25) is 0 Å². The molecule has 0 radical (unpaired) electrons. The number of hydrogen-bond donors (Lipinski definition) is 0. The van der Waals surface area contributed by atoms with E-state index in [4.69, 9.17) is 4.84 Å². The molecule has 0 amide bonds. The second kappa shape index (κ2) is 12.6. The van der Waals surface area contributed by atoms with Crippen LogP contribution in [0.2, 0.25) is 0 Å². The predicted octanol–water partition coefficient (Wildman–Crippen LogP) is 5.48. The Hall–Kier alpha value is -1.68. The lowest BCUT2D eigenvalue weighted by atomic mass is 10.2. The zero-order chi connectivity index (χ0) is 18.5.